The summed E-state index contributed by atoms with van der Waals surface area (Å²) in [4.78, 5) is 6.91. The molecule has 1 fully saturated rings. The van der Waals surface area contributed by atoms with E-state index < -0.39 is 5.60 Å². The number of rotatable bonds is 3. The number of benzene rings is 1. The third kappa shape index (κ3) is 2.92. The minimum atomic E-state index is -0.984. The Balaban J connectivity index is 1.74. The lowest BCUT2D eigenvalue weighted by atomic mass is 9.79. The minimum absolute atomic E-state index is 0.0358. The average Bonchev–Trinajstić information content (AvgIpc) is 3.24. The zero-order chi connectivity index (χ0) is 20.4. The van der Waals surface area contributed by atoms with Gasteiger partial charge in [0.15, 0.2) is 0 Å². The summed E-state index contributed by atoms with van der Waals surface area (Å²) in [5.41, 5.74) is 5.36. The predicted molar refractivity (Wildman–Crippen MR) is 117 cm³/mol. The molecule has 0 bridgehead atoms. The Morgan fingerprint density at radius 2 is 2.10 bits per heavy atom. The Kier molecular flexibility index (Phi) is 4.17. The molecule has 152 valence electrons. The number of fused-ring (bicyclic) bond motifs is 5. The standard InChI is InChI=1S/C25H31N3O/c1-17-9-10-20-19(13-17)22-21-8-6-12-27(21)15-24(2,3)23(22)28(20)16-25(4,29)18-7-5-11-26-14-18/h5,7,9-11,13-14,21,29H,6,8,12,15-16H2,1-4H3. The Bertz CT molecular complexity index is 1060. The smallest absolute Gasteiger partial charge is 0.106 e. The SMILES string of the molecule is Cc1ccc2c(c1)c1c(n2CC(C)(O)c2cccnc2)C(C)(C)CN2CCCC12. The van der Waals surface area contributed by atoms with E-state index >= 15 is 0 Å². The molecule has 0 spiro atoms. The largest absolute Gasteiger partial charge is 0.384 e. The molecule has 2 atom stereocenters. The van der Waals surface area contributed by atoms with E-state index in [-0.39, 0.29) is 5.41 Å². The van der Waals surface area contributed by atoms with Crippen LogP contribution >= 0.6 is 0 Å². The van der Waals surface area contributed by atoms with E-state index in [4.69, 9.17) is 0 Å². The van der Waals surface area contributed by atoms with Gasteiger partial charge in [0.2, 0.25) is 0 Å². The molecule has 4 nitrogen and oxygen atoms in total. The van der Waals surface area contributed by atoms with E-state index in [2.05, 4.69) is 53.4 Å². The number of hydrogen-bond acceptors (Lipinski definition) is 3. The van der Waals surface area contributed by atoms with Gasteiger partial charge in [-0.25, -0.2) is 0 Å². The highest BCUT2D eigenvalue weighted by Gasteiger charge is 2.44. The summed E-state index contributed by atoms with van der Waals surface area (Å²) in [6.07, 6.45) is 6.04. The first kappa shape index (κ1) is 18.8. The maximum absolute atomic E-state index is 11.5. The number of nitrogens with zero attached hydrogens (tertiary/aromatic N) is 3. The van der Waals surface area contributed by atoms with Crippen LogP contribution in [0.2, 0.25) is 0 Å². The maximum Gasteiger partial charge on any atom is 0.106 e. The lowest BCUT2D eigenvalue weighted by molar-refractivity contribution is 0.0366. The molecule has 0 saturated carbocycles. The monoisotopic (exact) mass is 389 g/mol. The van der Waals surface area contributed by atoms with Gasteiger partial charge < -0.3 is 9.67 Å². The number of hydrogen-bond donors (Lipinski definition) is 1. The summed E-state index contributed by atoms with van der Waals surface area (Å²) >= 11 is 0. The molecular formula is C25H31N3O. The summed E-state index contributed by atoms with van der Waals surface area (Å²) in [6.45, 7) is 11.6. The zero-order valence-corrected chi connectivity index (χ0v) is 17.9. The second kappa shape index (κ2) is 6.41. The molecule has 29 heavy (non-hydrogen) atoms. The molecule has 2 unspecified atom stereocenters. The molecule has 4 heteroatoms. The highest BCUT2D eigenvalue weighted by Crippen LogP contribution is 2.49. The predicted octanol–water partition coefficient (Wildman–Crippen LogP) is 4.68. The van der Waals surface area contributed by atoms with E-state index in [1.54, 1.807) is 12.4 Å². The van der Waals surface area contributed by atoms with Crippen molar-refractivity contribution >= 4 is 10.9 Å². The Morgan fingerprint density at radius 1 is 1.28 bits per heavy atom. The molecule has 0 amide bonds. The summed E-state index contributed by atoms with van der Waals surface area (Å²) in [5.74, 6) is 0. The highest BCUT2D eigenvalue weighted by molar-refractivity contribution is 5.87. The average molecular weight is 390 g/mol. The van der Waals surface area contributed by atoms with Gasteiger partial charge in [0.1, 0.15) is 5.60 Å². The second-order valence-electron chi connectivity index (χ2n) is 9.90. The fourth-order valence-electron chi connectivity index (χ4n) is 5.73. The summed E-state index contributed by atoms with van der Waals surface area (Å²) in [6, 6.07) is 11.2. The van der Waals surface area contributed by atoms with E-state index in [1.165, 1.54) is 47.1 Å². The fraction of sp³-hybridized carbons (Fsp3) is 0.480. The molecule has 1 saturated heterocycles. The lowest BCUT2D eigenvalue weighted by Crippen LogP contribution is -2.44. The summed E-state index contributed by atoms with van der Waals surface area (Å²) < 4.78 is 2.41. The highest BCUT2D eigenvalue weighted by atomic mass is 16.3. The molecule has 0 radical (unpaired) electrons. The van der Waals surface area contributed by atoms with Crippen molar-refractivity contribution in [2.45, 2.75) is 64.1 Å². The first-order valence-electron chi connectivity index (χ1n) is 10.8. The molecule has 2 aliphatic rings. The van der Waals surface area contributed by atoms with E-state index in [0.29, 0.717) is 12.6 Å². The Morgan fingerprint density at radius 3 is 2.86 bits per heavy atom. The van der Waals surface area contributed by atoms with Crippen molar-refractivity contribution in [1.82, 2.24) is 14.5 Å². The summed E-state index contributed by atoms with van der Waals surface area (Å²) in [7, 11) is 0. The topological polar surface area (TPSA) is 41.3 Å². The number of pyridine rings is 1. The Labute approximate surface area is 173 Å². The van der Waals surface area contributed by atoms with Gasteiger partial charge in [-0.1, -0.05) is 31.5 Å². The van der Waals surface area contributed by atoms with Crippen LogP contribution in [-0.2, 0) is 17.6 Å². The van der Waals surface area contributed by atoms with Gasteiger partial charge >= 0.3 is 0 Å². The second-order valence-corrected chi connectivity index (χ2v) is 9.90. The molecule has 2 aromatic heterocycles. The van der Waals surface area contributed by atoms with Crippen molar-refractivity contribution in [1.29, 1.82) is 0 Å². The van der Waals surface area contributed by atoms with Crippen molar-refractivity contribution in [2.24, 2.45) is 0 Å². The third-order valence-corrected chi connectivity index (χ3v) is 6.94. The minimum Gasteiger partial charge on any atom is -0.384 e. The van der Waals surface area contributed by atoms with Gasteiger partial charge in [-0.2, -0.15) is 0 Å². The molecule has 1 N–H and O–H groups in total. The maximum atomic E-state index is 11.5. The van der Waals surface area contributed by atoms with E-state index in [1.807, 2.05) is 19.1 Å². The van der Waals surface area contributed by atoms with Gasteiger partial charge in [-0.05, 0) is 57.0 Å². The van der Waals surface area contributed by atoms with E-state index in [9.17, 15) is 5.11 Å². The van der Waals surface area contributed by atoms with Crippen molar-refractivity contribution in [2.75, 3.05) is 13.1 Å². The molecular weight excluding hydrogens is 358 g/mol. The van der Waals surface area contributed by atoms with Crippen molar-refractivity contribution in [3.8, 4) is 0 Å². The van der Waals surface area contributed by atoms with Crippen LogP contribution in [0, 0.1) is 6.92 Å². The van der Waals surface area contributed by atoms with Crippen LogP contribution in [0.25, 0.3) is 10.9 Å². The number of aromatic nitrogens is 2. The molecule has 5 rings (SSSR count). The van der Waals surface area contributed by atoms with E-state index in [0.717, 1.165) is 12.1 Å². The van der Waals surface area contributed by atoms with Gasteiger partial charge in [0, 0.05) is 52.6 Å². The van der Waals surface area contributed by atoms with Gasteiger partial charge in [-0.3, -0.25) is 9.88 Å². The number of aliphatic hydroxyl groups is 1. The van der Waals surface area contributed by atoms with Gasteiger partial charge in [0.25, 0.3) is 0 Å². The number of aryl methyl sites for hydroxylation is 1. The lowest BCUT2D eigenvalue weighted by Gasteiger charge is -2.42. The first-order chi connectivity index (χ1) is 13.8. The quantitative estimate of drug-likeness (QED) is 0.707. The zero-order valence-electron chi connectivity index (χ0n) is 17.9. The van der Waals surface area contributed by atoms with Crippen molar-refractivity contribution < 1.29 is 5.11 Å². The van der Waals surface area contributed by atoms with Gasteiger partial charge in [-0.15, -0.1) is 0 Å². The molecule has 3 aromatic rings. The molecule has 1 aromatic carbocycles. The van der Waals surface area contributed by atoms with Crippen LogP contribution in [0.4, 0.5) is 0 Å². The van der Waals surface area contributed by atoms with Crippen LogP contribution < -0.4 is 0 Å². The normalized spacial score (nSPS) is 23.0. The van der Waals surface area contributed by atoms with Gasteiger partial charge in [0.05, 0.1) is 6.54 Å². The Hall–Kier alpha value is -2.17. The fourth-order valence-corrected chi connectivity index (χ4v) is 5.73. The molecule has 0 aliphatic carbocycles. The van der Waals surface area contributed by atoms with Crippen molar-refractivity contribution in [3.05, 3.63) is 65.1 Å². The molecule has 2 aliphatic heterocycles. The van der Waals surface area contributed by atoms with Crippen LogP contribution in [0.3, 0.4) is 0 Å². The van der Waals surface area contributed by atoms with Crippen molar-refractivity contribution in [3.63, 3.8) is 0 Å². The van der Waals surface area contributed by atoms with Crippen LogP contribution in [-0.4, -0.2) is 32.6 Å². The van der Waals surface area contributed by atoms with Crippen LogP contribution in [0.15, 0.2) is 42.7 Å². The van der Waals surface area contributed by atoms with Crippen LogP contribution in [0.1, 0.15) is 62.0 Å². The molecule has 4 heterocycles. The summed E-state index contributed by atoms with van der Waals surface area (Å²) in [5, 5.41) is 12.8. The third-order valence-electron chi connectivity index (χ3n) is 6.94. The first-order valence-corrected chi connectivity index (χ1v) is 10.8. The van der Waals surface area contributed by atoms with Crippen LogP contribution in [0.5, 0.6) is 0 Å².